The average molecular weight is 296 g/mol. The highest BCUT2D eigenvalue weighted by Gasteiger charge is 2.24. The Morgan fingerprint density at radius 2 is 1.90 bits per heavy atom. The highest BCUT2D eigenvalue weighted by Crippen LogP contribution is 2.23. The van der Waals surface area contributed by atoms with Gasteiger partial charge in [-0.25, -0.2) is 4.79 Å². The van der Waals surface area contributed by atoms with Crippen LogP contribution in [0.2, 0.25) is 0 Å². The van der Waals surface area contributed by atoms with E-state index in [1.807, 2.05) is 18.7 Å². The molecule has 0 fully saturated rings. The van der Waals surface area contributed by atoms with Crippen molar-refractivity contribution in [3.05, 3.63) is 27.7 Å². The Morgan fingerprint density at radius 3 is 2.33 bits per heavy atom. The van der Waals surface area contributed by atoms with Gasteiger partial charge in [0.1, 0.15) is 6.04 Å². The molecule has 1 unspecified atom stereocenters. The van der Waals surface area contributed by atoms with Gasteiger partial charge >= 0.3 is 5.97 Å². The van der Waals surface area contributed by atoms with Crippen molar-refractivity contribution in [3.8, 4) is 5.75 Å². The third-order valence-electron chi connectivity index (χ3n) is 3.77. The summed E-state index contributed by atoms with van der Waals surface area (Å²) in [5, 5.41) is 19.5. The van der Waals surface area contributed by atoms with Crippen LogP contribution in [0.25, 0.3) is 0 Å². The molecule has 1 aromatic heterocycles. The van der Waals surface area contributed by atoms with E-state index < -0.39 is 17.4 Å². The first-order valence-electron chi connectivity index (χ1n) is 7.26. The van der Waals surface area contributed by atoms with Crippen LogP contribution in [-0.2, 0) is 11.3 Å². The molecule has 0 aliphatic carbocycles. The number of hydrogen-bond acceptors (Lipinski definition) is 4. The molecule has 6 nitrogen and oxygen atoms in total. The van der Waals surface area contributed by atoms with Gasteiger partial charge < -0.3 is 14.8 Å². The van der Waals surface area contributed by atoms with Gasteiger partial charge in [0.2, 0.25) is 5.43 Å². The molecule has 0 aliphatic heterocycles. The zero-order valence-corrected chi connectivity index (χ0v) is 13.1. The Labute approximate surface area is 124 Å². The van der Waals surface area contributed by atoms with Crippen molar-refractivity contribution in [1.82, 2.24) is 9.47 Å². The minimum atomic E-state index is -0.968. The molecule has 1 heterocycles. The van der Waals surface area contributed by atoms with Crippen molar-refractivity contribution in [2.45, 2.75) is 46.7 Å². The number of aromatic hydroxyl groups is 1. The summed E-state index contributed by atoms with van der Waals surface area (Å²) in [7, 11) is 0. The maximum absolute atomic E-state index is 11.8. The zero-order valence-electron chi connectivity index (χ0n) is 13.1. The summed E-state index contributed by atoms with van der Waals surface area (Å²) in [4.78, 5) is 25.3. The maximum atomic E-state index is 11.8. The molecule has 0 radical (unpaired) electrons. The van der Waals surface area contributed by atoms with Crippen molar-refractivity contribution in [2.75, 3.05) is 13.1 Å². The van der Waals surface area contributed by atoms with Crippen LogP contribution in [0, 0.1) is 6.92 Å². The summed E-state index contributed by atoms with van der Waals surface area (Å²) in [6.07, 6.45) is 0.379. The summed E-state index contributed by atoms with van der Waals surface area (Å²) in [5.41, 5.74) is 0.457. The molecular weight excluding hydrogens is 272 g/mol. The third-order valence-corrected chi connectivity index (χ3v) is 3.77. The lowest BCUT2D eigenvalue weighted by Gasteiger charge is -2.26. The number of carbonyl (C=O) groups is 1. The lowest BCUT2D eigenvalue weighted by Crippen LogP contribution is -2.30. The molecule has 118 valence electrons. The van der Waals surface area contributed by atoms with E-state index in [4.69, 9.17) is 0 Å². The van der Waals surface area contributed by atoms with Gasteiger partial charge in [-0.3, -0.25) is 9.69 Å². The highest BCUT2D eigenvalue weighted by atomic mass is 16.4. The van der Waals surface area contributed by atoms with Crippen molar-refractivity contribution < 1.29 is 15.0 Å². The maximum Gasteiger partial charge on any atom is 0.326 e. The number of pyridine rings is 1. The summed E-state index contributed by atoms with van der Waals surface area (Å²) in [6, 6.07) is 0.495. The molecule has 6 heteroatoms. The van der Waals surface area contributed by atoms with Gasteiger partial charge in [0.25, 0.3) is 0 Å². The van der Waals surface area contributed by atoms with Crippen LogP contribution < -0.4 is 5.43 Å². The van der Waals surface area contributed by atoms with Gasteiger partial charge in [-0.15, -0.1) is 0 Å². The van der Waals surface area contributed by atoms with Gasteiger partial charge in [0.15, 0.2) is 5.75 Å². The molecule has 0 amide bonds. The number of aromatic nitrogens is 1. The number of carboxylic acid groups (broad SMARTS) is 1. The van der Waals surface area contributed by atoms with Crippen molar-refractivity contribution in [3.63, 3.8) is 0 Å². The highest BCUT2D eigenvalue weighted by molar-refractivity contribution is 5.72. The van der Waals surface area contributed by atoms with Crippen LogP contribution in [0.15, 0.2) is 10.9 Å². The van der Waals surface area contributed by atoms with Gasteiger partial charge in [-0.1, -0.05) is 20.8 Å². The van der Waals surface area contributed by atoms with Crippen molar-refractivity contribution >= 4 is 5.97 Å². The number of nitrogens with zero attached hydrogens (tertiary/aromatic N) is 2. The standard InChI is InChI=1S/C15H24N2O4/c1-5-11(15(20)21)17-10(4)8-13(18)14(19)12(17)9-16(6-2)7-3/h8,11,19H,5-7,9H2,1-4H3,(H,20,21). The van der Waals surface area contributed by atoms with E-state index in [9.17, 15) is 19.8 Å². The summed E-state index contributed by atoms with van der Waals surface area (Å²) >= 11 is 0. The monoisotopic (exact) mass is 296 g/mol. The Kier molecular flexibility index (Phi) is 5.96. The molecule has 0 saturated carbocycles. The largest absolute Gasteiger partial charge is 0.503 e. The average Bonchev–Trinajstić information content (AvgIpc) is 2.44. The number of aryl methyl sites for hydroxylation is 1. The fraction of sp³-hybridized carbons (Fsp3) is 0.600. The van der Waals surface area contributed by atoms with Gasteiger partial charge in [-0.05, 0) is 26.4 Å². The molecule has 0 aliphatic rings. The molecule has 0 bridgehead atoms. The lowest BCUT2D eigenvalue weighted by atomic mass is 10.1. The van der Waals surface area contributed by atoms with Crippen LogP contribution in [0.1, 0.15) is 44.6 Å². The fourth-order valence-corrected chi connectivity index (χ4v) is 2.51. The van der Waals surface area contributed by atoms with Crippen molar-refractivity contribution in [2.24, 2.45) is 0 Å². The third kappa shape index (κ3) is 3.64. The van der Waals surface area contributed by atoms with Crippen LogP contribution in [-0.4, -0.2) is 38.7 Å². The minimum absolute atomic E-state index is 0.347. The van der Waals surface area contributed by atoms with Gasteiger partial charge in [0, 0.05) is 18.3 Å². The Bertz CT molecular complexity index is 562. The predicted molar refractivity (Wildman–Crippen MR) is 80.7 cm³/mol. The van der Waals surface area contributed by atoms with E-state index in [0.717, 1.165) is 13.1 Å². The molecular formula is C15H24N2O4. The van der Waals surface area contributed by atoms with E-state index in [2.05, 4.69) is 0 Å². The lowest BCUT2D eigenvalue weighted by molar-refractivity contribution is -0.141. The topological polar surface area (TPSA) is 82.8 Å². The van der Waals surface area contributed by atoms with E-state index in [0.29, 0.717) is 24.4 Å². The second-order valence-corrected chi connectivity index (χ2v) is 5.04. The molecule has 1 aromatic rings. The predicted octanol–water partition coefficient (Wildman–Crippen LogP) is 1.74. The Morgan fingerprint density at radius 1 is 1.33 bits per heavy atom. The first-order valence-corrected chi connectivity index (χ1v) is 7.26. The number of hydrogen-bond donors (Lipinski definition) is 2. The molecule has 0 saturated heterocycles. The first kappa shape index (κ1) is 17.2. The van der Waals surface area contributed by atoms with Gasteiger partial charge in [-0.2, -0.15) is 0 Å². The van der Waals surface area contributed by atoms with Crippen LogP contribution >= 0.6 is 0 Å². The molecule has 0 spiro atoms. The Balaban J connectivity index is 3.50. The molecule has 1 rings (SSSR count). The first-order chi connectivity index (χ1) is 9.87. The van der Waals surface area contributed by atoms with E-state index in [1.54, 1.807) is 18.4 Å². The normalized spacial score (nSPS) is 12.6. The zero-order chi connectivity index (χ0) is 16.2. The quantitative estimate of drug-likeness (QED) is 0.801. The van der Waals surface area contributed by atoms with E-state index in [-0.39, 0.29) is 5.75 Å². The van der Waals surface area contributed by atoms with Crippen LogP contribution in [0.3, 0.4) is 0 Å². The van der Waals surface area contributed by atoms with Crippen LogP contribution in [0.4, 0.5) is 0 Å². The molecule has 2 N–H and O–H groups in total. The molecule has 21 heavy (non-hydrogen) atoms. The second-order valence-electron chi connectivity index (χ2n) is 5.04. The number of aliphatic carboxylic acids is 1. The number of rotatable bonds is 7. The minimum Gasteiger partial charge on any atom is -0.503 e. The fourth-order valence-electron chi connectivity index (χ4n) is 2.51. The second kappa shape index (κ2) is 7.26. The summed E-state index contributed by atoms with van der Waals surface area (Å²) in [5.74, 6) is -1.32. The van der Waals surface area contributed by atoms with E-state index in [1.165, 1.54) is 6.07 Å². The molecule has 1 atom stereocenters. The van der Waals surface area contributed by atoms with Crippen molar-refractivity contribution in [1.29, 1.82) is 0 Å². The SMILES string of the molecule is CCC(C(=O)O)n1c(C)cc(=O)c(O)c1CN(CC)CC. The smallest absolute Gasteiger partial charge is 0.326 e. The van der Waals surface area contributed by atoms with E-state index >= 15 is 0 Å². The molecule has 0 aromatic carbocycles. The number of carboxylic acids is 1. The Hall–Kier alpha value is -1.82. The van der Waals surface area contributed by atoms with Gasteiger partial charge in [0.05, 0.1) is 5.69 Å². The summed E-state index contributed by atoms with van der Waals surface area (Å²) < 4.78 is 1.57. The summed E-state index contributed by atoms with van der Waals surface area (Å²) in [6.45, 7) is 9.27. The van der Waals surface area contributed by atoms with Crippen LogP contribution in [0.5, 0.6) is 5.75 Å².